The van der Waals surface area contributed by atoms with Crippen molar-refractivity contribution < 1.29 is 9.53 Å². The van der Waals surface area contributed by atoms with Gasteiger partial charge in [0, 0.05) is 36.8 Å². The molecule has 112 valence electrons. The van der Waals surface area contributed by atoms with Gasteiger partial charge in [0.05, 0.1) is 12.5 Å². The summed E-state index contributed by atoms with van der Waals surface area (Å²) in [5.74, 6) is 0.198. The Labute approximate surface area is 125 Å². The molecule has 2 heterocycles. The standard InChI is InChI=1S/C17H22N2O2/c1-2-21-14-6-5-9-19(12-14)17(20)10-13-11-18-16-8-4-3-7-15(13)16/h3-4,7-8,11,14,18H,2,5-6,9-10,12H2,1H3/t14-/m0/s1. The molecule has 1 saturated heterocycles. The predicted octanol–water partition coefficient (Wildman–Crippen LogP) is 2.74. The number of benzene rings is 1. The van der Waals surface area contributed by atoms with Crippen LogP contribution in [0.2, 0.25) is 0 Å². The average Bonchev–Trinajstić information content (AvgIpc) is 2.91. The Balaban J connectivity index is 1.68. The van der Waals surface area contributed by atoms with Crippen molar-refractivity contribution >= 4 is 16.8 Å². The van der Waals surface area contributed by atoms with Crippen LogP contribution in [0, 0.1) is 0 Å². The minimum Gasteiger partial charge on any atom is -0.377 e. The zero-order valence-corrected chi connectivity index (χ0v) is 12.5. The van der Waals surface area contributed by atoms with E-state index >= 15 is 0 Å². The molecule has 3 rings (SSSR count). The second-order valence-corrected chi connectivity index (χ2v) is 5.60. The van der Waals surface area contributed by atoms with Gasteiger partial charge in [-0.1, -0.05) is 18.2 Å². The SMILES string of the molecule is CCO[C@H]1CCCN(C(=O)Cc2c[nH]c3ccccc23)C1. The van der Waals surface area contributed by atoms with Crippen LogP contribution in [0.4, 0.5) is 0 Å². The van der Waals surface area contributed by atoms with Crippen molar-refractivity contribution in [2.75, 3.05) is 19.7 Å². The van der Waals surface area contributed by atoms with Crippen LogP contribution < -0.4 is 0 Å². The fourth-order valence-electron chi connectivity index (χ4n) is 3.09. The zero-order chi connectivity index (χ0) is 14.7. The van der Waals surface area contributed by atoms with Crippen molar-refractivity contribution in [3.63, 3.8) is 0 Å². The topological polar surface area (TPSA) is 45.3 Å². The molecule has 4 heteroatoms. The van der Waals surface area contributed by atoms with E-state index in [9.17, 15) is 4.79 Å². The number of hydrogen-bond donors (Lipinski definition) is 1. The van der Waals surface area contributed by atoms with Crippen LogP contribution in [0.25, 0.3) is 10.9 Å². The van der Waals surface area contributed by atoms with Crippen LogP contribution in [-0.2, 0) is 16.0 Å². The number of ether oxygens (including phenoxy) is 1. The number of fused-ring (bicyclic) bond motifs is 1. The molecule has 0 unspecified atom stereocenters. The van der Waals surface area contributed by atoms with Crippen molar-refractivity contribution in [3.05, 3.63) is 36.0 Å². The summed E-state index contributed by atoms with van der Waals surface area (Å²) < 4.78 is 5.67. The summed E-state index contributed by atoms with van der Waals surface area (Å²) in [5, 5.41) is 1.14. The first-order chi connectivity index (χ1) is 10.3. The minimum absolute atomic E-state index is 0.198. The molecule has 0 radical (unpaired) electrons. The molecule has 1 fully saturated rings. The highest BCUT2D eigenvalue weighted by atomic mass is 16.5. The lowest BCUT2D eigenvalue weighted by atomic mass is 10.1. The Kier molecular flexibility index (Phi) is 4.25. The summed E-state index contributed by atoms with van der Waals surface area (Å²) in [6.45, 7) is 4.31. The number of nitrogens with one attached hydrogen (secondary N) is 1. The largest absolute Gasteiger partial charge is 0.377 e. The average molecular weight is 286 g/mol. The van der Waals surface area contributed by atoms with Gasteiger partial charge in [-0.2, -0.15) is 0 Å². The van der Waals surface area contributed by atoms with E-state index in [4.69, 9.17) is 4.74 Å². The number of rotatable bonds is 4. The third-order valence-corrected chi connectivity index (χ3v) is 4.15. The zero-order valence-electron chi connectivity index (χ0n) is 12.5. The first-order valence-electron chi connectivity index (χ1n) is 7.72. The van der Waals surface area contributed by atoms with E-state index in [0.29, 0.717) is 6.42 Å². The van der Waals surface area contributed by atoms with E-state index in [1.54, 1.807) is 0 Å². The Bertz CT molecular complexity index is 618. The number of amides is 1. The lowest BCUT2D eigenvalue weighted by Crippen LogP contribution is -2.43. The number of para-hydroxylation sites is 1. The number of hydrogen-bond acceptors (Lipinski definition) is 2. The van der Waals surface area contributed by atoms with E-state index in [1.165, 1.54) is 0 Å². The van der Waals surface area contributed by atoms with Gasteiger partial charge in [0.25, 0.3) is 0 Å². The summed E-state index contributed by atoms with van der Waals surface area (Å²) in [6.07, 6.45) is 4.71. The quantitative estimate of drug-likeness (QED) is 0.939. The van der Waals surface area contributed by atoms with E-state index in [-0.39, 0.29) is 12.0 Å². The monoisotopic (exact) mass is 286 g/mol. The van der Waals surface area contributed by atoms with Gasteiger partial charge in [-0.15, -0.1) is 0 Å². The first-order valence-corrected chi connectivity index (χ1v) is 7.72. The summed E-state index contributed by atoms with van der Waals surface area (Å²) in [4.78, 5) is 17.7. The molecule has 1 amide bonds. The smallest absolute Gasteiger partial charge is 0.227 e. The summed E-state index contributed by atoms with van der Waals surface area (Å²) >= 11 is 0. The molecule has 4 nitrogen and oxygen atoms in total. The number of piperidine rings is 1. The lowest BCUT2D eigenvalue weighted by Gasteiger charge is -2.32. The summed E-state index contributed by atoms with van der Waals surface area (Å²) in [5.41, 5.74) is 2.17. The van der Waals surface area contributed by atoms with Crippen LogP contribution in [0.1, 0.15) is 25.3 Å². The number of likely N-dealkylation sites (tertiary alicyclic amines) is 1. The molecule has 2 aromatic rings. The molecule has 0 aliphatic carbocycles. The molecule has 21 heavy (non-hydrogen) atoms. The maximum Gasteiger partial charge on any atom is 0.227 e. The van der Waals surface area contributed by atoms with Gasteiger partial charge in [-0.3, -0.25) is 4.79 Å². The van der Waals surface area contributed by atoms with Gasteiger partial charge >= 0.3 is 0 Å². The number of nitrogens with zero attached hydrogens (tertiary/aromatic N) is 1. The molecule has 1 aliphatic rings. The van der Waals surface area contributed by atoms with Crippen LogP contribution in [0.3, 0.4) is 0 Å². The van der Waals surface area contributed by atoms with Crippen LogP contribution >= 0.6 is 0 Å². The highest BCUT2D eigenvalue weighted by Gasteiger charge is 2.24. The third kappa shape index (κ3) is 3.10. The Hall–Kier alpha value is -1.81. The fraction of sp³-hybridized carbons (Fsp3) is 0.471. The number of aromatic nitrogens is 1. The van der Waals surface area contributed by atoms with Crippen LogP contribution in [-0.4, -0.2) is 41.6 Å². The predicted molar refractivity (Wildman–Crippen MR) is 83.2 cm³/mol. The van der Waals surface area contributed by atoms with Crippen molar-refractivity contribution in [2.24, 2.45) is 0 Å². The maximum atomic E-state index is 12.5. The first kappa shape index (κ1) is 14.1. The Morgan fingerprint density at radius 1 is 1.43 bits per heavy atom. The molecular formula is C17H22N2O2. The number of carbonyl (C=O) groups excluding carboxylic acids is 1. The molecule has 0 spiro atoms. The van der Waals surface area contributed by atoms with Gasteiger partial charge in [-0.05, 0) is 31.4 Å². The van der Waals surface area contributed by atoms with Crippen molar-refractivity contribution in [1.82, 2.24) is 9.88 Å². The molecule has 0 bridgehead atoms. The van der Waals surface area contributed by atoms with Crippen LogP contribution in [0.15, 0.2) is 30.5 Å². The second kappa shape index (κ2) is 6.31. The maximum absolute atomic E-state index is 12.5. The molecule has 1 atom stereocenters. The van der Waals surface area contributed by atoms with Crippen molar-refractivity contribution in [1.29, 1.82) is 0 Å². The minimum atomic E-state index is 0.198. The highest BCUT2D eigenvalue weighted by molar-refractivity contribution is 5.88. The Morgan fingerprint density at radius 2 is 2.29 bits per heavy atom. The molecule has 1 aliphatic heterocycles. The van der Waals surface area contributed by atoms with Gasteiger partial charge in [0.2, 0.25) is 5.91 Å². The molecule has 1 aromatic carbocycles. The van der Waals surface area contributed by atoms with E-state index < -0.39 is 0 Å². The summed E-state index contributed by atoms with van der Waals surface area (Å²) in [7, 11) is 0. The molecule has 0 saturated carbocycles. The molecule has 1 aromatic heterocycles. The number of carbonyl (C=O) groups is 1. The number of H-pyrrole nitrogens is 1. The molecule has 1 N–H and O–H groups in total. The van der Waals surface area contributed by atoms with E-state index in [0.717, 1.165) is 49.0 Å². The van der Waals surface area contributed by atoms with Gasteiger partial charge in [0.15, 0.2) is 0 Å². The second-order valence-electron chi connectivity index (χ2n) is 5.60. The van der Waals surface area contributed by atoms with Crippen molar-refractivity contribution in [2.45, 2.75) is 32.3 Å². The normalized spacial score (nSPS) is 19.1. The van der Waals surface area contributed by atoms with Crippen LogP contribution in [0.5, 0.6) is 0 Å². The van der Waals surface area contributed by atoms with E-state index in [1.807, 2.05) is 36.2 Å². The number of aromatic amines is 1. The Morgan fingerprint density at radius 3 is 3.14 bits per heavy atom. The highest BCUT2D eigenvalue weighted by Crippen LogP contribution is 2.20. The van der Waals surface area contributed by atoms with Crippen molar-refractivity contribution in [3.8, 4) is 0 Å². The van der Waals surface area contributed by atoms with Gasteiger partial charge < -0.3 is 14.6 Å². The van der Waals surface area contributed by atoms with E-state index in [2.05, 4.69) is 11.1 Å². The fourth-order valence-corrected chi connectivity index (χ4v) is 3.09. The van der Waals surface area contributed by atoms with Gasteiger partial charge in [-0.25, -0.2) is 0 Å². The lowest BCUT2D eigenvalue weighted by molar-refractivity contribution is -0.134. The molecular weight excluding hydrogens is 264 g/mol. The summed E-state index contributed by atoms with van der Waals surface area (Å²) in [6, 6.07) is 8.11. The van der Waals surface area contributed by atoms with Gasteiger partial charge in [0.1, 0.15) is 0 Å². The third-order valence-electron chi connectivity index (χ3n) is 4.15.